The number of hydrogen-bond acceptors (Lipinski definition) is 4. The number of anilines is 1. The van der Waals surface area contributed by atoms with Gasteiger partial charge in [0.25, 0.3) is 5.91 Å². The fourth-order valence-corrected chi connectivity index (χ4v) is 2.45. The van der Waals surface area contributed by atoms with Crippen LogP contribution in [0, 0.1) is 0 Å². The molecule has 2 rings (SSSR count). The molecule has 5 nitrogen and oxygen atoms in total. The predicted octanol–water partition coefficient (Wildman–Crippen LogP) is 0.974. The third-order valence-corrected chi connectivity index (χ3v) is 3.51. The molecule has 1 aromatic rings. The van der Waals surface area contributed by atoms with Crippen LogP contribution in [0.15, 0.2) is 12.1 Å². The van der Waals surface area contributed by atoms with Crippen LogP contribution in [-0.4, -0.2) is 45.1 Å². The van der Waals surface area contributed by atoms with E-state index in [-0.39, 0.29) is 5.91 Å². The Morgan fingerprint density at radius 1 is 1.47 bits per heavy atom. The summed E-state index contributed by atoms with van der Waals surface area (Å²) < 4.78 is 0. The summed E-state index contributed by atoms with van der Waals surface area (Å²) in [5, 5.41) is 6.06. The van der Waals surface area contributed by atoms with Crippen molar-refractivity contribution in [3.8, 4) is 0 Å². The number of carbonyl (C=O) groups excluding carboxylic acids is 1. The maximum atomic E-state index is 11.8. The molecule has 1 saturated heterocycles. The van der Waals surface area contributed by atoms with Crippen LogP contribution in [0.2, 0.25) is 0 Å². The summed E-state index contributed by atoms with van der Waals surface area (Å²) in [6.45, 7) is 2.06. The molecule has 0 aromatic carbocycles. The van der Waals surface area contributed by atoms with Gasteiger partial charge in [-0.05, 0) is 31.5 Å². The van der Waals surface area contributed by atoms with Crippen LogP contribution in [0.1, 0.15) is 34.8 Å². The number of aromatic nitrogens is 1. The molecule has 1 atom stereocenters. The minimum absolute atomic E-state index is 0.0930. The number of carbonyl (C=O) groups is 1. The Bertz CT molecular complexity index is 453. The first kappa shape index (κ1) is 13.8. The Morgan fingerprint density at radius 2 is 2.26 bits per heavy atom. The number of nitrogens with zero attached hydrogens (tertiary/aromatic N) is 2. The van der Waals surface area contributed by atoms with Crippen molar-refractivity contribution < 1.29 is 4.79 Å². The first-order valence-corrected chi connectivity index (χ1v) is 6.74. The van der Waals surface area contributed by atoms with Crippen molar-refractivity contribution in [2.24, 2.45) is 0 Å². The maximum Gasteiger partial charge on any atom is 0.254 e. The highest BCUT2D eigenvalue weighted by molar-refractivity contribution is 5.98. The SMILES string of the molecule is CNC(=O)c1ccc(C2CCCNC2)nc1N(C)C. The number of hydrogen-bond donors (Lipinski definition) is 2. The monoisotopic (exact) mass is 262 g/mol. The quantitative estimate of drug-likeness (QED) is 0.852. The highest BCUT2D eigenvalue weighted by Crippen LogP contribution is 2.25. The predicted molar refractivity (Wildman–Crippen MR) is 76.8 cm³/mol. The van der Waals surface area contributed by atoms with E-state index in [1.165, 1.54) is 6.42 Å². The van der Waals surface area contributed by atoms with Gasteiger partial charge in [0.2, 0.25) is 0 Å². The molecule has 0 saturated carbocycles. The lowest BCUT2D eigenvalue weighted by Gasteiger charge is -2.24. The van der Waals surface area contributed by atoms with E-state index in [0.717, 1.165) is 31.0 Å². The second-order valence-electron chi connectivity index (χ2n) is 5.12. The second-order valence-corrected chi connectivity index (χ2v) is 5.12. The standard InChI is InChI=1S/C14H22N4O/c1-15-14(19)11-6-7-12(17-13(11)18(2)3)10-5-4-8-16-9-10/h6-7,10,16H,4-5,8-9H2,1-3H3,(H,15,19). The van der Waals surface area contributed by atoms with Crippen molar-refractivity contribution in [2.75, 3.05) is 39.1 Å². The summed E-state index contributed by atoms with van der Waals surface area (Å²) >= 11 is 0. The maximum absolute atomic E-state index is 11.8. The molecular formula is C14H22N4O. The fourth-order valence-electron chi connectivity index (χ4n) is 2.45. The molecule has 1 aromatic heterocycles. The summed E-state index contributed by atoms with van der Waals surface area (Å²) in [6, 6.07) is 3.86. The van der Waals surface area contributed by atoms with Crippen LogP contribution in [0.25, 0.3) is 0 Å². The molecule has 1 amide bonds. The van der Waals surface area contributed by atoms with Crippen molar-refractivity contribution in [1.29, 1.82) is 0 Å². The molecular weight excluding hydrogens is 240 g/mol. The van der Waals surface area contributed by atoms with Gasteiger partial charge in [-0.25, -0.2) is 4.98 Å². The van der Waals surface area contributed by atoms with Gasteiger partial charge in [-0.3, -0.25) is 4.79 Å². The molecule has 1 fully saturated rings. The molecule has 1 aliphatic rings. The first-order chi connectivity index (χ1) is 9.13. The minimum atomic E-state index is -0.0930. The highest BCUT2D eigenvalue weighted by atomic mass is 16.1. The molecule has 104 valence electrons. The molecule has 0 aliphatic carbocycles. The number of amides is 1. The van der Waals surface area contributed by atoms with E-state index in [0.29, 0.717) is 11.5 Å². The number of piperidine rings is 1. The van der Waals surface area contributed by atoms with E-state index in [2.05, 4.69) is 15.6 Å². The Morgan fingerprint density at radius 3 is 2.84 bits per heavy atom. The molecule has 0 spiro atoms. The number of nitrogens with one attached hydrogen (secondary N) is 2. The first-order valence-electron chi connectivity index (χ1n) is 6.74. The smallest absolute Gasteiger partial charge is 0.254 e. The lowest BCUT2D eigenvalue weighted by molar-refractivity contribution is 0.0963. The van der Waals surface area contributed by atoms with Crippen LogP contribution >= 0.6 is 0 Å². The van der Waals surface area contributed by atoms with Gasteiger partial charge >= 0.3 is 0 Å². The van der Waals surface area contributed by atoms with E-state index >= 15 is 0 Å². The fraction of sp³-hybridized carbons (Fsp3) is 0.571. The zero-order valence-corrected chi connectivity index (χ0v) is 11.9. The molecule has 5 heteroatoms. The Kier molecular flexibility index (Phi) is 4.37. The molecule has 1 unspecified atom stereocenters. The number of pyridine rings is 1. The summed E-state index contributed by atoms with van der Waals surface area (Å²) in [7, 11) is 5.47. The molecule has 2 N–H and O–H groups in total. The largest absolute Gasteiger partial charge is 0.362 e. The summed E-state index contributed by atoms with van der Waals surface area (Å²) in [4.78, 5) is 18.4. The zero-order valence-electron chi connectivity index (χ0n) is 11.9. The van der Waals surface area contributed by atoms with E-state index in [1.54, 1.807) is 7.05 Å². The second kappa shape index (κ2) is 6.02. The average molecular weight is 262 g/mol. The third kappa shape index (κ3) is 3.04. The van der Waals surface area contributed by atoms with Gasteiger partial charge in [0, 0.05) is 39.3 Å². The van der Waals surface area contributed by atoms with Crippen molar-refractivity contribution in [3.63, 3.8) is 0 Å². The Labute approximate surface area is 114 Å². The summed E-state index contributed by atoms with van der Waals surface area (Å²) in [6.07, 6.45) is 2.34. The molecule has 19 heavy (non-hydrogen) atoms. The van der Waals surface area contributed by atoms with E-state index < -0.39 is 0 Å². The molecule has 2 heterocycles. The van der Waals surface area contributed by atoms with Crippen LogP contribution in [0.3, 0.4) is 0 Å². The Balaban J connectivity index is 2.32. The van der Waals surface area contributed by atoms with Crippen molar-refractivity contribution in [2.45, 2.75) is 18.8 Å². The zero-order chi connectivity index (χ0) is 13.8. The third-order valence-electron chi connectivity index (χ3n) is 3.51. The van der Waals surface area contributed by atoms with Crippen LogP contribution in [0.4, 0.5) is 5.82 Å². The minimum Gasteiger partial charge on any atom is -0.362 e. The topological polar surface area (TPSA) is 57.3 Å². The highest BCUT2D eigenvalue weighted by Gasteiger charge is 2.20. The normalized spacial score (nSPS) is 19.0. The van der Waals surface area contributed by atoms with Crippen molar-refractivity contribution >= 4 is 11.7 Å². The van der Waals surface area contributed by atoms with Gasteiger partial charge in [0.15, 0.2) is 0 Å². The molecule has 1 aliphatic heterocycles. The van der Waals surface area contributed by atoms with Gasteiger partial charge in [0.05, 0.1) is 5.56 Å². The molecule has 0 radical (unpaired) electrons. The van der Waals surface area contributed by atoms with Crippen molar-refractivity contribution in [3.05, 3.63) is 23.4 Å². The molecule has 0 bridgehead atoms. The van der Waals surface area contributed by atoms with Gasteiger partial charge in [-0.1, -0.05) is 0 Å². The lowest BCUT2D eigenvalue weighted by atomic mass is 9.95. The van der Waals surface area contributed by atoms with Gasteiger partial charge < -0.3 is 15.5 Å². The summed E-state index contributed by atoms with van der Waals surface area (Å²) in [5.74, 6) is 1.10. The Hall–Kier alpha value is -1.62. The van der Waals surface area contributed by atoms with E-state index in [9.17, 15) is 4.79 Å². The van der Waals surface area contributed by atoms with Gasteiger partial charge in [-0.15, -0.1) is 0 Å². The van der Waals surface area contributed by atoms with Gasteiger partial charge in [-0.2, -0.15) is 0 Å². The van der Waals surface area contributed by atoms with Gasteiger partial charge in [0.1, 0.15) is 5.82 Å². The van der Waals surface area contributed by atoms with Crippen LogP contribution in [0.5, 0.6) is 0 Å². The van der Waals surface area contributed by atoms with E-state index in [1.807, 2.05) is 31.1 Å². The van der Waals surface area contributed by atoms with Crippen LogP contribution < -0.4 is 15.5 Å². The average Bonchev–Trinajstić information content (AvgIpc) is 2.46. The van der Waals surface area contributed by atoms with E-state index in [4.69, 9.17) is 0 Å². The number of rotatable bonds is 3. The van der Waals surface area contributed by atoms with Crippen LogP contribution in [-0.2, 0) is 0 Å². The lowest BCUT2D eigenvalue weighted by Crippen LogP contribution is -2.29. The van der Waals surface area contributed by atoms with Crippen molar-refractivity contribution in [1.82, 2.24) is 15.6 Å². The summed E-state index contributed by atoms with van der Waals surface area (Å²) in [5.41, 5.74) is 1.70.